The summed E-state index contributed by atoms with van der Waals surface area (Å²) in [5.74, 6) is -36.8. The Bertz CT molecular complexity index is 627. The Labute approximate surface area is 175 Å². The molecule has 1 aliphatic carbocycles. The number of carbonyl (C=O) groups excluding carboxylic acids is 1. The fraction of sp³-hybridized carbons (Fsp3) is 0.944. The SMILES string of the molecule is CCC1CCC(CCC(=O)OCC(F)(F)C(F)(F)C(F)(F)C(F)(F)C(F)(F)C(F)F)CC1. The number of ether oxygens (including phenoxy) is 1. The highest BCUT2D eigenvalue weighted by atomic mass is 19.4. The quantitative estimate of drug-likeness (QED) is 0.227. The number of hydrogen-bond acceptors (Lipinski definition) is 2. The maximum atomic E-state index is 13.6. The van der Waals surface area contributed by atoms with E-state index in [9.17, 15) is 57.5 Å². The van der Waals surface area contributed by atoms with Gasteiger partial charge in [0.2, 0.25) is 0 Å². The van der Waals surface area contributed by atoms with E-state index in [0.717, 1.165) is 19.3 Å². The summed E-state index contributed by atoms with van der Waals surface area (Å²) in [6, 6.07) is 0. The molecule has 1 rings (SSSR count). The Morgan fingerprint density at radius 2 is 1.28 bits per heavy atom. The van der Waals surface area contributed by atoms with E-state index in [1.165, 1.54) is 0 Å². The van der Waals surface area contributed by atoms with Gasteiger partial charge >= 0.3 is 42.0 Å². The normalized spacial score (nSPS) is 21.7. The predicted octanol–water partition coefficient (Wildman–Crippen LogP) is 6.97. The summed E-state index contributed by atoms with van der Waals surface area (Å²) in [6.07, 6.45) is -1.92. The Kier molecular flexibility index (Phi) is 8.83. The molecular formula is C18H22F12O2. The summed E-state index contributed by atoms with van der Waals surface area (Å²) in [7, 11) is 0. The van der Waals surface area contributed by atoms with Gasteiger partial charge in [0.1, 0.15) is 0 Å². The number of hydrogen-bond donors (Lipinski definition) is 0. The minimum atomic E-state index is -7.62. The zero-order chi connectivity index (χ0) is 25.2. The van der Waals surface area contributed by atoms with Crippen molar-refractivity contribution in [3.05, 3.63) is 0 Å². The first kappa shape index (κ1) is 28.7. The van der Waals surface area contributed by atoms with E-state index in [1.807, 2.05) is 6.92 Å². The van der Waals surface area contributed by atoms with Gasteiger partial charge in [-0.1, -0.05) is 39.0 Å². The Balaban J connectivity index is 2.78. The van der Waals surface area contributed by atoms with Crippen LogP contribution in [0.5, 0.6) is 0 Å². The second kappa shape index (κ2) is 9.86. The molecule has 0 amide bonds. The lowest BCUT2D eigenvalue weighted by molar-refractivity contribution is -0.414. The van der Waals surface area contributed by atoms with Gasteiger partial charge in [-0.2, -0.15) is 43.9 Å². The van der Waals surface area contributed by atoms with Crippen molar-refractivity contribution in [1.82, 2.24) is 0 Å². The molecule has 0 aliphatic heterocycles. The number of rotatable bonds is 11. The summed E-state index contributed by atoms with van der Waals surface area (Å²) in [5.41, 5.74) is 0. The molecule has 0 unspecified atom stereocenters. The highest BCUT2D eigenvalue weighted by Crippen LogP contribution is 2.58. The lowest BCUT2D eigenvalue weighted by atomic mass is 9.79. The largest absolute Gasteiger partial charge is 0.459 e. The topological polar surface area (TPSA) is 26.3 Å². The maximum absolute atomic E-state index is 13.6. The number of carbonyl (C=O) groups is 1. The zero-order valence-corrected chi connectivity index (χ0v) is 16.7. The third-order valence-corrected chi connectivity index (χ3v) is 5.66. The molecule has 0 aromatic carbocycles. The van der Waals surface area contributed by atoms with E-state index < -0.39 is 55.0 Å². The average molecular weight is 498 g/mol. The molecule has 0 saturated heterocycles. The third-order valence-electron chi connectivity index (χ3n) is 5.66. The van der Waals surface area contributed by atoms with Crippen LogP contribution < -0.4 is 0 Å². The Hall–Kier alpha value is -1.37. The molecule has 1 aliphatic rings. The van der Waals surface area contributed by atoms with Gasteiger partial charge in [0.15, 0.2) is 6.61 Å². The maximum Gasteiger partial charge on any atom is 0.384 e. The van der Waals surface area contributed by atoms with Crippen molar-refractivity contribution >= 4 is 5.97 Å². The molecule has 14 heteroatoms. The van der Waals surface area contributed by atoms with Crippen LogP contribution in [0.25, 0.3) is 0 Å². The first-order valence-electron chi connectivity index (χ1n) is 9.68. The van der Waals surface area contributed by atoms with Crippen molar-refractivity contribution in [3.8, 4) is 0 Å². The van der Waals surface area contributed by atoms with Crippen molar-refractivity contribution in [1.29, 1.82) is 0 Å². The van der Waals surface area contributed by atoms with Gasteiger partial charge in [0.05, 0.1) is 0 Å². The monoisotopic (exact) mass is 498 g/mol. The molecule has 32 heavy (non-hydrogen) atoms. The van der Waals surface area contributed by atoms with Crippen LogP contribution in [-0.2, 0) is 9.53 Å². The summed E-state index contributed by atoms with van der Waals surface area (Å²) < 4.78 is 160. The van der Waals surface area contributed by atoms with Crippen molar-refractivity contribution < 1.29 is 62.2 Å². The fourth-order valence-electron chi connectivity index (χ4n) is 3.36. The van der Waals surface area contributed by atoms with Crippen molar-refractivity contribution in [2.24, 2.45) is 11.8 Å². The molecule has 1 saturated carbocycles. The van der Waals surface area contributed by atoms with E-state index in [1.54, 1.807) is 0 Å². The van der Waals surface area contributed by atoms with Crippen LogP contribution in [0.2, 0.25) is 0 Å². The highest BCUT2D eigenvalue weighted by molar-refractivity contribution is 5.69. The number of halogens is 12. The molecular weight excluding hydrogens is 476 g/mol. The molecule has 0 spiro atoms. The molecule has 1 fully saturated rings. The van der Waals surface area contributed by atoms with Gasteiger partial charge in [0, 0.05) is 6.42 Å². The van der Waals surface area contributed by atoms with Crippen molar-refractivity contribution in [3.63, 3.8) is 0 Å². The van der Waals surface area contributed by atoms with Gasteiger partial charge in [-0.15, -0.1) is 0 Å². The zero-order valence-electron chi connectivity index (χ0n) is 16.7. The molecule has 2 nitrogen and oxygen atoms in total. The minimum absolute atomic E-state index is 0.00639. The van der Waals surface area contributed by atoms with Gasteiger partial charge in [0.25, 0.3) is 0 Å². The van der Waals surface area contributed by atoms with E-state index in [-0.39, 0.29) is 12.3 Å². The Morgan fingerprint density at radius 3 is 1.72 bits per heavy atom. The second-order valence-corrected chi connectivity index (χ2v) is 7.85. The van der Waals surface area contributed by atoms with Crippen LogP contribution in [0, 0.1) is 11.8 Å². The van der Waals surface area contributed by atoms with Gasteiger partial charge in [-0.3, -0.25) is 4.79 Å². The van der Waals surface area contributed by atoms with Gasteiger partial charge in [-0.05, 0) is 18.3 Å². The van der Waals surface area contributed by atoms with Crippen LogP contribution in [0.15, 0.2) is 0 Å². The van der Waals surface area contributed by atoms with Crippen LogP contribution in [-0.4, -0.2) is 48.6 Å². The lowest BCUT2D eigenvalue weighted by Crippen LogP contribution is -2.69. The van der Waals surface area contributed by atoms with Crippen molar-refractivity contribution in [2.75, 3.05) is 6.61 Å². The highest BCUT2D eigenvalue weighted by Gasteiger charge is 2.87. The first-order chi connectivity index (χ1) is 14.3. The molecule has 0 heterocycles. The van der Waals surface area contributed by atoms with Crippen LogP contribution in [0.3, 0.4) is 0 Å². The van der Waals surface area contributed by atoms with E-state index in [0.29, 0.717) is 18.8 Å². The first-order valence-corrected chi connectivity index (χ1v) is 9.68. The van der Waals surface area contributed by atoms with Gasteiger partial charge in [-0.25, -0.2) is 8.78 Å². The standard InChI is InChI=1S/C18H22F12O2/c1-2-10-3-5-11(6-4-10)7-8-12(31)32-9-14(21,22)16(25,26)18(29,30)17(27,28)15(23,24)13(19)20/h10-11,13H,2-9H2,1H3. The predicted molar refractivity (Wildman–Crippen MR) is 86.7 cm³/mol. The molecule has 0 radical (unpaired) electrons. The summed E-state index contributed by atoms with van der Waals surface area (Å²) in [4.78, 5) is 11.5. The Morgan fingerprint density at radius 1 is 0.812 bits per heavy atom. The summed E-state index contributed by atoms with van der Waals surface area (Å²) in [5, 5.41) is 0. The number of alkyl halides is 12. The molecule has 0 aromatic rings. The van der Waals surface area contributed by atoms with Gasteiger partial charge < -0.3 is 4.74 Å². The lowest BCUT2D eigenvalue weighted by Gasteiger charge is -2.38. The molecule has 0 atom stereocenters. The summed E-state index contributed by atoms with van der Waals surface area (Å²) >= 11 is 0. The van der Waals surface area contributed by atoms with Crippen LogP contribution >= 0.6 is 0 Å². The molecule has 190 valence electrons. The molecule has 0 bridgehead atoms. The fourth-order valence-corrected chi connectivity index (χ4v) is 3.36. The minimum Gasteiger partial charge on any atom is -0.459 e. The number of esters is 1. The molecule has 0 aromatic heterocycles. The summed E-state index contributed by atoms with van der Waals surface area (Å²) in [6.45, 7) is -0.848. The van der Waals surface area contributed by atoms with Crippen molar-refractivity contribution in [2.45, 2.75) is 87.9 Å². The van der Waals surface area contributed by atoms with E-state index >= 15 is 0 Å². The smallest absolute Gasteiger partial charge is 0.384 e. The van der Waals surface area contributed by atoms with E-state index in [2.05, 4.69) is 4.74 Å². The second-order valence-electron chi connectivity index (χ2n) is 7.85. The average Bonchev–Trinajstić information content (AvgIpc) is 2.70. The van der Waals surface area contributed by atoms with E-state index in [4.69, 9.17) is 0 Å². The molecule has 0 N–H and O–H groups in total. The third kappa shape index (κ3) is 5.40. The van der Waals surface area contributed by atoms with Crippen LogP contribution in [0.1, 0.15) is 51.9 Å². The van der Waals surface area contributed by atoms with Crippen LogP contribution in [0.4, 0.5) is 52.7 Å².